The normalized spacial score (nSPS) is 14.4. The van der Waals surface area contributed by atoms with Gasteiger partial charge in [0.1, 0.15) is 11.6 Å². The molecule has 2 aromatic heterocycles. The van der Waals surface area contributed by atoms with Crippen LogP contribution in [0.5, 0.6) is 0 Å². The molecule has 1 saturated heterocycles. The van der Waals surface area contributed by atoms with Crippen molar-refractivity contribution in [2.24, 2.45) is 0 Å². The molecule has 0 unspecified atom stereocenters. The van der Waals surface area contributed by atoms with Crippen molar-refractivity contribution in [1.82, 2.24) is 14.5 Å². The van der Waals surface area contributed by atoms with E-state index in [-0.39, 0.29) is 11.7 Å². The zero-order chi connectivity index (χ0) is 19.7. The first-order valence-electron chi connectivity index (χ1n) is 9.45. The predicted octanol–water partition coefficient (Wildman–Crippen LogP) is 3.59. The molecule has 0 N–H and O–H groups in total. The van der Waals surface area contributed by atoms with Gasteiger partial charge in [-0.05, 0) is 44.2 Å². The van der Waals surface area contributed by atoms with Crippen LogP contribution < -0.4 is 4.90 Å². The lowest BCUT2D eigenvalue weighted by Gasteiger charge is -2.35. The third kappa shape index (κ3) is 3.26. The van der Waals surface area contributed by atoms with Crippen LogP contribution in [0, 0.1) is 19.7 Å². The third-order valence-electron chi connectivity index (χ3n) is 5.30. The second-order valence-corrected chi connectivity index (χ2v) is 7.04. The molecule has 0 spiro atoms. The first kappa shape index (κ1) is 18.2. The average molecular weight is 378 g/mol. The highest BCUT2D eigenvalue weighted by Crippen LogP contribution is 2.24. The Balaban J connectivity index is 1.54. The number of amides is 1. The van der Waals surface area contributed by atoms with Crippen LogP contribution >= 0.6 is 0 Å². The number of carbonyl (C=O) groups is 1. The minimum absolute atomic E-state index is 0.00337. The number of hydrogen-bond acceptors (Lipinski definition) is 3. The van der Waals surface area contributed by atoms with E-state index in [1.807, 2.05) is 47.6 Å². The van der Waals surface area contributed by atoms with E-state index in [0.717, 1.165) is 30.3 Å². The van der Waals surface area contributed by atoms with Crippen LogP contribution in [0.15, 0.2) is 54.7 Å². The Morgan fingerprint density at radius 2 is 1.71 bits per heavy atom. The number of benzene rings is 1. The highest BCUT2D eigenvalue weighted by molar-refractivity contribution is 5.96. The molecule has 0 radical (unpaired) electrons. The molecule has 0 atom stereocenters. The molecule has 0 aliphatic carbocycles. The van der Waals surface area contributed by atoms with Crippen molar-refractivity contribution in [3.63, 3.8) is 0 Å². The number of halogens is 1. The van der Waals surface area contributed by atoms with E-state index in [2.05, 4.69) is 9.88 Å². The van der Waals surface area contributed by atoms with Crippen molar-refractivity contribution in [3.8, 4) is 5.69 Å². The molecule has 6 heteroatoms. The molecule has 1 fully saturated rings. The van der Waals surface area contributed by atoms with Crippen molar-refractivity contribution in [3.05, 3.63) is 77.5 Å². The number of aromatic nitrogens is 2. The van der Waals surface area contributed by atoms with E-state index in [1.54, 1.807) is 24.4 Å². The molecule has 4 rings (SSSR count). The second-order valence-electron chi connectivity index (χ2n) is 7.04. The molecule has 1 aromatic carbocycles. The largest absolute Gasteiger partial charge is 0.353 e. The first-order valence-corrected chi connectivity index (χ1v) is 9.45. The van der Waals surface area contributed by atoms with E-state index in [4.69, 9.17) is 0 Å². The fraction of sp³-hybridized carbons (Fsp3) is 0.273. The number of rotatable bonds is 3. The van der Waals surface area contributed by atoms with Crippen LogP contribution in [0.3, 0.4) is 0 Å². The van der Waals surface area contributed by atoms with Gasteiger partial charge < -0.3 is 14.4 Å². The zero-order valence-corrected chi connectivity index (χ0v) is 16.1. The fourth-order valence-electron chi connectivity index (χ4n) is 3.83. The summed E-state index contributed by atoms with van der Waals surface area (Å²) < 4.78 is 16.1. The van der Waals surface area contributed by atoms with Crippen molar-refractivity contribution in [2.45, 2.75) is 13.8 Å². The summed E-state index contributed by atoms with van der Waals surface area (Å²) in [7, 11) is 0. The van der Waals surface area contributed by atoms with Gasteiger partial charge in [0.05, 0.1) is 11.3 Å². The van der Waals surface area contributed by atoms with E-state index >= 15 is 0 Å². The molecule has 3 aromatic rings. The fourth-order valence-corrected chi connectivity index (χ4v) is 3.83. The number of piperazine rings is 1. The van der Waals surface area contributed by atoms with Crippen LogP contribution in [0.1, 0.15) is 21.7 Å². The Kier molecular flexibility index (Phi) is 4.86. The van der Waals surface area contributed by atoms with Gasteiger partial charge in [-0.3, -0.25) is 4.79 Å². The quantitative estimate of drug-likeness (QED) is 0.699. The van der Waals surface area contributed by atoms with Gasteiger partial charge in [0.15, 0.2) is 0 Å². The van der Waals surface area contributed by atoms with Gasteiger partial charge in [0, 0.05) is 43.8 Å². The summed E-state index contributed by atoms with van der Waals surface area (Å²) in [6.45, 7) is 6.53. The minimum Gasteiger partial charge on any atom is -0.353 e. The molecule has 3 heterocycles. The predicted molar refractivity (Wildman–Crippen MR) is 108 cm³/mol. The topological polar surface area (TPSA) is 41.4 Å². The summed E-state index contributed by atoms with van der Waals surface area (Å²) in [6.07, 6.45) is 1.78. The Morgan fingerprint density at radius 3 is 2.39 bits per heavy atom. The van der Waals surface area contributed by atoms with Gasteiger partial charge in [-0.25, -0.2) is 9.37 Å². The second kappa shape index (κ2) is 7.46. The van der Waals surface area contributed by atoms with E-state index < -0.39 is 0 Å². The molecule has 144 valence electrons. The highest BCUT2D eigenvalue weighted by Gasteiger charge is 2.26. The maximum atomic E-state index is 14.3. The van der Waals surface area contributed by atoms with E-state index in [9.17, 15) is 9.18 Å². The molecule has 0 bridgehead atoms. The van der Waals surface area contributed by atoms with Gasteiger partial charge in [-0.1, -0.05) is 18.2 Å². The van der Waals surface area contributed by atoms with Crippen molar-refractivity contribution < 1.29 is 9.18 Å². The number of carbonyl (C=O) groups excluding carboxylic acids is 1. The van der Waals surface area contributed by atoms with Crippen molar-refractivity contribution in [1.29, 1.82) is 0 Å². The molecule has 1 amide bonds. The molecule has 5 nitrogen and oxygen atoms in total. The SMILES string of the molecule is Cc1cc(C(=O)N2CCN(c3ccccn3)CC2)c(C)n1-c1ccccc1F. The maximum Gasteiger partial charge on any atom is 0.255 e. The standard InChI is InChI=1S/C22H23FN4O/c1-16-15-18(17(2)27(16)20-8-4-3-7-19(20)23)22(28)26-13-11-25(12-14-26)21-9-5-6-10-24-21/h3-10,15H,11-14H2,1-2H3. The molecular formula is C22H23FN4O. The Bertz CT molecular complexity index is 991. The van der Waals surface area contributed by atoms with Gasteiger partial charge in [0.25, 0.3) is 5.91 Å². The average Bonchev–Trinajstić information content (AvgIpc) is 3.03. The summed E-state index contributed by atoms with van der Waals surface area (Å²) >= 11 is 0. The lowest BCUT2D eigenvalue weighted by molar-refractivity contribution is 0.0746. The Labute approximate surface area is 164 Å². The molecule has 0 saturated carbocycles. The number of anilines is 1. The monoisotopic (exact) mass is 378 g/mol. The number of pyridine rings is 1. The summed E-state index contributed by atoms with van der Waals surface area (Å²) in [6, 6.07) is 14.3. The summed E-state index contributed by atoms with van der Waals surface area (Å²) in [5.74, 6) is 0.635. The lowest BCUT2D eigenvalue weighted by Crippen LogP contribution is -2.49. The smallest absolute Gasteiger partial charge is 0.255 e. The third-order valence-corrected chi connectivity index (χ3v) is 5.30. The molecule has 28 heavy (non-hydrogen) atoms. The van der Waals surface area contributed by atoms with Crippen LogP contribution in [0.4, 0.5) is 10.2 Å². The van der Waals surface area contributed by atoms with Crippen molar-refractivity contribution in [2.75, 3.05) is 31.1 Å². The number of nitrogens with zero attached hydrogens (tertiary/aromatic N) is 4. The Hall–Kier alpha value is -3.15. The van der Waals surface area contributed by atoms with Crippen LogP contribution in [0.25, 0.3) is 5.69 Å². The summed E-state index contributed by atoms with van der Waals surface area (Å²) in [5, 5.41) is 0. The zero-order valence-electron chi connectivity index (χ0n) is 16.1. The summed E-state index contributed by atoms with van der Waals surface area (Å²) in [4.78, 5) is 21.6. The maximum absolute atomic E-state index is 14.3. The first-order chi connectivity index (χ1) is 13.6. The van der Waals surface area contributed by atoms with Gasteiger partial charge >= 0.3 is 0 Å². The van der Waals surface area contributed by atoms with Gasteiger partial charge in [-0.15, -0.1) is 0 Å². The number of hydrogen-bond donors (Lipinski definition) is 0. The minimum atomic E-state index is -0.299. The lowest BCUT2D eigenvalue weighted by atomic mass is 10.2. The molecule has 1 aliphatic heterocycles. The van der Waals surface area contributed by atoms with Gasteiger partial charge in [0.2, 0.25) is 0 Å². The Morgan fingerprint density at radius 1 is 1.00 bits per heavy atom. The van der Waals surface area contributed by atoms with E-state index in [0.29, 0.717) is 24.3 Å². The number of para-hydroxylation sites is 1. The molecule has 1 aliphatic rings. The highest BCUT2D eigenvalue weighted by atomic mass is 19.1. The van der Waals surface area contributed by atoms with Crippen molar-refractivity contribution >= 4 is 11.7 Å². The van der Waals surface area contributed by atoms with Crippen LogP contribution in [-0.4, -0.2) is 46.5 Å². The summed E-state index contributed by atoms with van der Waals surface area (Å²) in [5.41, 5.74) is 2.71. The molecular weight excluding hydrogens is 355 g/mol. The van der Waals surface area contributed by atoms with Crippen LogP contribution in [0.2, 0.25) is 0 Å². The van der Waals surface area contributed by atoms with Crippen LogP contribution in [-0.2, 0) is 0 Å². The van der Waals surface area contributed by atoms with E-state index in [1.165, 1.54) is 6.07 Å². The number of aryl methyl sites for hydroxylation is 1. The van der Waals surface area contributed by atoms with Gasteiger partial charge in [-0.2, -0.15) is 0 Å².